The first-order valence-corrected chi connectivity index (χ1v) is 14.7. The summed E-state index contributed by atoms with van der Waals surface area (Å²) >= 11 is 7.62. The highest BCUT2D eigenvalue weighted by Gasteiger charge is 2.32. The molecule has 0 bridgehead atoms. The molecule has 0 radical (unpaired) electrons. The van der Waals surface area contributed by atoms with Gasteiger partial charge in [-0.1, -0.05) is 23.7 Å². The molecular formula is C29H31ClN4O4S. The number of carbonyl (C=O) groups excluding carboxylic acids is 2. The van der Waals surface area contributed by atoms with Crippen LogP contribution in [0, 0.1) is 0 Å². The molecule has 204 valence electrons. The fourth-order valence-electron chi connectivity index (χ4n) is 5.88. The number of amides is 2. The number of likely N-dealkylation sites (tertiary alicyclic amines) is 1. The summed E-state index contributed by atoms with van der Waals surface area (Å²) in [6.45, 7) is 4.17. The Morgan fingerprint density at radius 3 is 2.74 bits per heavy atom. The minimum Gasteiger partial charge on any atom is -0.506 e. The standard InChI is InChI=1S/C29H31ClN4O4S/c30-22-16-20(6-9-25(22)35)28(37)34-10-2-5-24(34)18-3-1-4-19(15-18)27(36)32-29-31-23-8-7-21(17-26(23)39-29)33-11-13-38-14-12-33/h1,3-4,6,9,15-16,21,24,35H,2,5,7-8,10-14,17H2,(H,31,32,36). The Bertz CT molecular complexity index is 1390. The third-order valence-corrected chi connectivity index (χ3v) is 9.28. The number of aromatic hydroxyl groups is 1. The van der Waals surface area contributed by atoms with Gasteiger partial charge in [0.05, 0.1) is 30.0 Å². The maximum absolute atomic E-state index is 13.3. The molecule has 2 fully saturated rings. The van der Waals surface area contributed by atoms with Gasteiger partial charge in [-0.25, -0.2) is 4.98 Å². The van der Waals surface area contributed by atoms with E-state index >= 15 is 0 Å². The highest BCUT2D eigenvalue weighted by molar-refractivity contribution is 7.15. The average Bonchev–Trinajstić information content (AvgIpc) is 3.61. The number of rotatable bonds is 5. The number of halogens is 1. The Labute approximate surface area is 236 Å². The number of anilines is 1. The number of aromatic nitrogens is 1. The van der Waals surface area contributed by atoms with E-state index in [0.717, 1.165) is 69.7 Å². The molecule has 2 N–H and O–H groups in total. The summed E-state index contributed by atoms with van der Waals surface area (Å²) in [5.41, 5.74) is 2.99. The van der Waals surface area contributed by atoms with Crippen molar-refractivity contribution in [3.05, 3.63) is 74.7 Å². The number of benzene rings is 2. The lowest BCUT2D eigenvalue weighted by Gasteiger charge is -2.36. The predicted octanol–water partition coefficient (Wildman–Crippen LogP) is 4.92. The Morgan fingerprint density at radius 1 is 1.08 bits per heavy atom. The number of phenols is 1. The molecule has 3 aliphatic rings. The zero-order valence-corrected chi connectivity index (χ0v) is 23.1. The van der Waals surface area contributed by atoms with Gasteiger partial charge in [-0.15, -0.1) is 11.3 Å². The van der Waals surface area contributed by atoms with Gasteiger partial charge in [-0.05, 0) is 68.0 Å². The number of thiazole rings is 1. The van der Waals surface area contributed by atoms with Crippen LogP contribution in [0.15, 0.2) is 42.5 Å². The fraction of sp³-hybridized carbons (Fsp3) is 0.414. The van der Waals surface area contributed by atoms with Crippen LogP contribution in [0.5, 0.6) is 5.75 Å². The van der Waals surface area contributed by atoms with Crippen LogP contribution < -0.4 is 5.32 Å². The molecule has 6 rings (SSSR count). The van der Waals surface area contributed by atoms with Crippen molar-refractivity contribution in [1.29, 1.82) is 0 Å². The number of aryl methyl sites for hydroxylation is 1. The zero-order valence-electron chi connectivity index (χ0n) is 21.6. The van der Waals surface area contributed by atoms with Crippen molar-refractivity contribution in [3.63, 3.8) is 0 Å². The number of carbonyl (C=O) groups is 2. The monoisotopic (exact) mass is 566 g/mol. The second-order valence-corrected chi connectivity index (χ2v) is 11.8. The molecule has 2 amide bonds. The lowest BCUT2D eigenvalue weighted by atomic mass is 9.96. The summed E-state index contributed by atoms with van der Waals surface area (Å²) in [5.74, 6) is -0.394. The molecule has 2 aromatic carbocycles. The van der Waals surface area contributed by atoms with Crippen LogP contribution in [0.4, 0.5) is 5.13 Å². The lowest BCUT2D eigenvalue weighted by Crippen LogP contribution is -2.45. The molecule has 3 heterocycles. The fourth-order valence-corrected chi connectivity index (χ4v) is 7.14. The van der Waals surface area contributed by atoms with Crippen molar-refractivity contribution in [3.8, 4) is 5.75 Å². The molecule has 39 heavy (non-hydrogen) atoms. The Hall–Kier alpha value is -2.98. The summed E-state index contributed by atoms with van der Waals surface area (Å²) in [6, 6.07) is 12.4. The summed E-state index contributed by atoms with van der Waals surface area (Å²) in [4.78, 5) is 36.8. The average molecular weight is 567 g/mol. The van der Waals surface area contributed by atoms with Crippen LogP contribution in [-0.4, -0.2) is 70.6 Å². The molecule has 8 nitrogen and oxygen atoms in total. The normalized spacial score (nSPS) is 21.5. The van der Waals surface area contributed by atoms with Gasteiger partial charge in [0.15, 0.2) is 5.13 Å². The van der Waals surface area contributed by atoms with Gasteiger partial charge in [-0.3, -0.25) is 19.8 Å². The first kappa shape index (κ1) is 26.3. The SMILES string of the molecule is O=C(Nc1nc2c(s1)CC(N1CCOCC1)CC2)c1cccc(C2CCCN2C(=O)c2ccc(O)c(Cl)c2)c1. The molecule has 0 saturated carbocycles. The molecule has 2 aliphatic heterocycles. The largest absolute Gasteiger partial charge is 0.506 e. The van der Waals surface area contributed by atoms with E-state index in [2.05, 4.69) is 10.2 Å². The molecule has 0 spiro atoms. The van der Waals surface area contributed by atoms with Gasteiger partial charge in [-0.2, -0.15) is 0 Å². The van der Waals surface area contributed by atoms with Gasteiger partial charge in [0.25, 0.3) is 11.8 Å². The van der Waals surface area contributed by atoms with Gasteiger partial charge in [0.1, 0.15) is 5.75 Å². The van der Waals surface area contributed by atoms with E-state index in [1.807, 2.05) is 23.1 Å². The molecule has 2 unspecified atom stereocenters. The van der Waals surface area contributed by atoms with E-state index < -0.39 is 0 Å². The van der Waals surface area contributed by atoms with Crippen molar-refractivity contribution >= 4 is 39.9 Å². The first-order valence-electron chi connectivity index (χ1n) is 13.5. The van der Waals surface area contributed by atoms with Gasteiger partial charge >= 0.3 is 0 Å². The van der Waals surface area contributed by atoms with Crippen molar-refractivity contribution in [1.82, 2.24) is 14.8 Å². The maximum Gasteiger partial charge on any atom is 0.257 e. The second kappa shape index (κ2) is 11.3. The number of fused-ring (bicyclic) bond motifs is 1. The Balaban J connectivity index is 1.14. The topological polar surface area (TPSA) is 95.0 Å². The van der Waals surface area contributed by atoms with Crippen molar-refractivity contribution in [2.24, 2.45) is 0 Å². The minimum atomic E-state index is -0.200. The highest BCUT2D eigenvalue weighted by Crippen LogP contribution is 2.35. The minimum absolute atomic E-state index is 0.0529. The smallest absolute Gasteiger partial charge is 0.257 e. The van der Waals surface area contributed by atoms with Gasteiger partial charge in [0, 0.05) is 41.7 Å². The highest BCUT2D eigenvalue weighted by atomic mass is 35.5. The number of phenolic OH excluding ortho intramolecular Hbond substituents is 1. The third-order valence-electron chi connectivity index (χ3n) is 7.94. The Kier molecular flexibility index (Phi) is 7.57. The Morgan fingerprint density at radius 2 is 1.92 bits per heavy atom. The van der Waals surface area contributed by atoms with Crippen LogP contribution in [0.3, 0.4) is 0 Å². The molecule has 1 aromatic heterocycles. The summed E-state index contributed by atoms with van der Waals surface area (Å²) in [6.07, 6.45) is 4.66. The first-order chi connectivity index (χ1) is 19.0. The third kappa shape index (κ3) is 5.54. The van der Waals surface area contributed by atoms with E-state index in [0.29, 0.717) is 28.8 Å². The van der Waals surface area contributed by atoms with Gasteiger partial charge in [0.2, 0.25) is 0 Å². The summed E-state index contributed by atoms with van der Waals surface area (Å²) in [7, 11) is 0. The van der Waals surface area contributed by atoms with E-state index in [9.17, 15) is 14.7 Å². The van der Waals surface area contributed by atoms with E-state index in [-0.39, 0.29) is 28.6 Å². The number of ether oxygens (including phenoxy) is 1. The number of hydrogen-bond acceptors (Lipinski definition) is 7. The van der Waals surface area contributed by atoms with Gasteiger partial charge < -0.3 is 14.7 Å². The maximum atomic E-state index is 13.3. The quantitative estimate of drug-likeness (QED) is 0.455. The lowest BCUT2D eigenvalue weighted by molar-refractivity contribution is 0.0139. The number of hydrogen-bond donors (Lipinski definition) is 2. The number of nitrogens with one attached hydrogen (secondary N) is 1. The number of nitrogens with zero attached hydrogens (tertiary/aromatic N) is 3. The second-order valence-electron chi connectivity index (χ2n) is 10.3. The number of morpholine rings is 1. The van der Waals surface area contributed by atoms with Crippen molar-refractivity contribution < 1.29 is 19.4 Å². The molecule has 2 saturated heterocycles. The molecule has 10 heteroatoms. The summed E-state index contributed by atoms with van der Waals surface area (Å²) in [5, 5.41) is 13.5. The van der Waals surface area contributed by atoms with Crippen LogP contribution in [0.2, 0.25) is 5.02 Å². The van der Waals surface area contributed by atoms with E-state index in [1.165, 1.54) is 17.0 Å². The molecule has 2 atom stereocenters. The summed E-state index contributed by atoms with van der Waals surface area (Å²) < 4.78 is 5.51. The molecule has 1 aliphatic carbocycles. The molecular weight excluding hydrogens is 536 g/mol. The van der Waals surface area contributed by atoms with Crippen LogP contribution in [0.25, 0.3) is 0 Å². The predicted molar refractivity (Wildman–Crippen MR) is 151 cm³/mol. The van der Waals surface area contributed by atoms with Crippen LogP contribution >= 0.6 is 22.9 Å². The van der Waals surface area contributed by atoms with Crippen LogP contribution in [-0.2, 0) is 17.6 Å². The van der Waals surface area contributed by atoms with Crippen molar-refractivity contribution in [2.45, 2.75) is 44.2 Å². The molecule has 3 aromatic rings. The van der Waals surface area contributed by atoms with Crippen LogP contribution in [0.1, 0.15) is 62.2 Å². The zero-order chi connectivity index (χ0) is 26.9. The van der Waals surface area contributed by atoms with E-state index in [1.54, 1.807) is 23.5 Å². The van der Waals surface area contributed by atoms with Crippen molar-refractivity contribution in [2.75, 3.05) is 38.2 Å². The van der Waals surface area contributed by atoms with E-state index in [4.69, 9.17) is 21.3 Å².